The summed E-state index contributed by atoms with van der Waals surface area (Å²) in [7, 11) is -3.81. The topological polar surface area (TPSA) is 80.8 Å². The summed E-state index contributed by atoms with van der Waals surface area (Å²) in [4.78, 5) is 24.2. The van der Waals surface area contributed by atoms with E-state index in [1.165, 1.54) is 10.4 Å². The first-order valence-corrected chi connectivity index (χ1v) is 10.2. The van der Waals surface area contributed by atoms with Gasteiger partial charge < -0.3 is 4.74 Å². The Morgan fingerprint density at radius 1 is 1.04 bits per heavy atom. The van der Waals surface area contributed by atoms with E-state index in [9.17, 15) is 18.0 Å². The lowest BCUT2D eigenvalue weighted by atomic mass is 10.1. The Labute approximate surface area is 166 Å². The Kier molecular flexibility index (Phi) is 5.86. The normalized spacial score (nSPS) is 14.4. The lowest BCUT2D eigenvalue weighted by molar-refractivity contribution is 0.0474. The maximum Gasteiger partial charge on any atom is 0.340 e. The molecule has 3 rings (SSSR count). The second kappa shape index (κ2) is 7.98. The molecule has 0 spiro atoms. The molecule has 0 N–H and O–H groups in total. The van der Waals surface area contributed by atoms with Crippen molar-refractivity contribution in [1.29, 1.82) is 0 Å². The highest BCUT2D eigenvalue weighted by atomic mass is 35.5. The summed E-state index contributed by atoms with van der Waals surface area (Å²) in [6.07, 6.45) is 0.765. The molecule has 1 fully saturated rings. The Morgan fingerprint density at radius 2 is 1.70 bits per heavy atom. The molecule has 1 aliphatic heterocycles. The van der Waals surface area contributed by atoms with Gasteiger partial charge in [-0.05, 0) is 18.6 Å². The van der Waals surface area contributed by atoms with Crippen LogP contribution in [0.2, 0.25) is 10.0 Å². The van der Waals surface area contributed by atoms with Crippen molar-refractivity contribution in [3.63, 3.8) is 0 Å². The maximum absolute atomic E-state index is 12.6. The van der Waals surface area contributed by atoms with Crippen molar-refractivity contribution in [1.82, 2.24) is 4.31 Å². The van der Waals surface area contributed by atoms with Crippen LogP contribution in [0.15, 0.2) is 47.4 Å². The van der Waals surface area contributed by atoms with Crippen molar-refractivity contribution in [3.8, 4) is 0 Å². The number of benzene rings is 2. The Bertz CT molecular complexity index is 988. The van der Waals surface area contributed by atoms with Crippen LogP contribution in [-0.4, -0.2) is 44.2 Å². The largest absolute Gasteiger partial charge is 0.454 e. The number of ketones is 1. The van der Waals surface area contributed by atoms with Crippen LogP contribution in [0, 0.1) is 0 Å². The van der Waals surface area contributed by atoms with E-state index < -0.39 is 22.6 Å². The molecule has 0 aromatic heterocycles. The first kappa shape index (κ1) is 19.8. The number of halogens is 2. The van der Waals surface area contributed by atoms with Crippen LogP contribution in [0.4, 0.5) is 0 Å². The predicted molar refractivity (Wildman–Crippen MR) is 101 cm³/mol. The van der Waals surface area contributed by atoms with E-state index in [2.05, 4.69) is 0 Å². The number of sulfonamides is 1. The summed E-state index contributed by atoms with van der Waals surface area (Å²) < 4.78 is 31.4. The Hall–Kier alpha value is -1.93. The van der Waals surface area contributed by atoms with Gasteiger partial charge in [0.2, 0.25) is 10.0 Å². The second-order valence-corrected chi connectivity index (χ2v) is 8.61. The van der Waals surface area contributed by atoms with Crippen molar-refractivity contribution in [2.75, 3.05) is 19.7 Å². The van der Waals surface area contributed by atoms with Gasteiger partial charge in [0.1, 0.15) is 4.90 Å². The monoisotopic (exact) mass is 427 g/mol. The van der Waals surface area contributed by atoms with Gasteiger partial charge >= 0.3 is 5.97 Å². The van der Waals surface area contributed by atoms with Crippen LogP contribution in [0.3, 0.4) is 0 Å². The fourth-order valence-corrected chi connectivity index (χ4v) is 4.81. The molecule has 0 saturated carbocycles. The molecule has 27 heavy (non-hydrogen) atoms. The quantitative estimate of drug-likeness (QED) is 0.520. The number of esters is 1. The zero-order chi connectivity index (χ0) is 19.6. The zero-order valence-corrected chi connectivity index (χ0v) is 16.4. The van der Waals surface area contributed by atoms with Gasteiger partial charge in [0.05, 0.1) is 15.6 Å². The highest BCUT2D eigenvalue weighted by molar-refractivity contribution is 7.89. The van der Waals surface area contributed by atoms with Crippen molar-refractivity contribution in [2.45, 2.75) is 11.3 Å². The van der Waals surface area contributed by atoms with E-state index in [1.807, 2.05) is 0 Å². The van der Waals surface area contributed by atoms with Crippen LogP contribution in [-0.2, 0) is 14.8 Å². The van der Waals surface area contributed by atoms with Crippen molar-refractivity contribution in [2.24, 2.45) is 0 Å². The van der Waals surface area contributed by atoms with Crippen LogP contribution in [0.5, 0.6) is 0 Å². The molecule has 1 aliphatic rings. The second-order valence-electron chi connectivity index (χ2n) is 5.89. The Morgan fingerprint density at radius 3 is 2.30 bits per heavy atom. The SMILES string of the molecule is O=C(COC(=O)c1cc(S(=O)(=O)N2CCC2)c(Cl)cc1Cl)c1ccccc1. The molecule has 0 amide bonds. The number of carbonyl (C=O) groups excluding carboxylic acids is 2. The van der Waals surface area contributed by atoms with E-state index in [1.54, 1.807) is 30.3 Å². The van der Waals surface area contributed by atoms with E-state index in [0.29, 0.717) is 18.7 Å². The molecule has 1 heterocycles. The van der Waals surface area contributed by atoms with Crippen LogP contribution in [0.1, 0.15) is 27.1 Å². The molecule has 1 saturated heterocycles. The molecule has 0 aliphatic carbocycles. The van der Waals surface area contributed by atoms with Crippen molar-refractivity contribution < 1.29 is 22.7 Å². The number of carbonyl (C=O) groups is 2. The van der Waals surface area contributed by atoms with Gasteiger partial charge in [0.15, 0.2) is 12.4 Å². The molecule has 9 heteroatoms. The smallest absolute Gasteiger partial charge is 0.340 e. The molecule has 0 bridgehead atoms. The lowest BCUT2D eigenvalue weighted by Crippen LogP contribution is -2.42. The minimum absolute atomic E-state index is 0.0558. The number of rotatable bonds is 6. The summed E-state index contributed by atoms with van der Waals surface area (Å²) in [5.74, 6) is -1.29. The minimum Gasteiger partial charge on any atom is -0.454 e. The van der Waals surface area contributed by atoms with Gasteiger partial charge in [-0.3, -0.25) is 4.79 Å². The highest BCUT2D eigenvalue weighted by Crippen LogP contribution is 2.32. The van der Waals surface area contributed by atoms with Crippen LogP contribution < -0.4 is 0 Å². The molecule has 142 valence electrons. The van der Waals surface area contributed by atoms with Gasteiger partial charge in [-0.15, -0.1) is 0 Å². The molecule has 0 radical (unpaired) electrons. The molecule has 6 nitrogen and oxygen atoms in total. The van der Waals surface area contributed by atoms with Crippen molar-refractivity contribution in [3.05, 3.63) is 63.6 Å². The van der Waals surface area contributed by atoms with Gasteiger partial charge in [-0.1, -0.05) is 53.5 Å². The average Bonchev–Trinajstić information content (AvgIpc) is 2.58. The summed E-state index contributed by atoms with van der Waals surface area (Å²) in [6, 6.07) is 10.6. The summed E-state index contributed by atoms with van der Waals surface area (Å²) >= 11 is 12.1. The Balaban J connectivity index is 1.80. The molecule has 0 unspecified atom stereocenters. The number of Topliss-reactive ketones (excluding diaryl/α,β-unsaturated/α-hetero) is 1. The summed E-state index contributed by atoms with van der Waals surface area (Å²) in [5, 5.41) is -0.136. The van der Waals surface area contributed by atoms with E-state index in [4.69, 9.17) is 27.9 Å². The molecular formula is C18H15Cl2NO5S. The van der Waals surface area contributed by atoms with Gasteiger partial charge in [-0.25, -0.2) is 13.2 Å². The highest BCUT2D eigenvalue weighted by Gasteiger charge is 2.32. The van der Waals surface area contributed by atoms with Gasteiger partial charge in [-0.2, -0.15) is 4.31 Å². The number of nitrogens with zero attached hydrogens (tertiary/aromatic N) is 1. The molecule has 2 aromatic rings. The van der Waals surface area contributed by atoms with E-state index in [0.717, 1.165) is 12.5 Å². The third-order valence-corrected chi connectivity index (χ3v) is 6.78. The number of hydrogen-bond acceptors (Lipinski definition) is 5. The van der Waals surface area contributed by atoms with E-state index >= 15 is 0 Å². The van der Waals surface area contributed by atoms with E-state index in [-0.39, 0.29) is 26.3 Å². The third kappa shape index (κ3) is 4.16. The van der Waals surface area contributed by atoms with Crippen molar-refractivity contribution >= 4 is 45.0 Å². The minimum atomic E-state index is -3.81. The van der Waals surface area contributed by atoms with Gasteiger partial charge in [0.25, 0.3) is 0 Å². The molecule has 2 aromatic carbocycles. The predicted octanol–water partition coefficient (Wildman–Crippen LogP) is 3.43. The fraction of sp³-hybridized carbons (Fsp3) is 0.222. The van der Waals surface area contributed by atoms with Crippen LogP contribution in [0.25, 0.3) is 0 Å². The zero-order valence-electron chi connectivity index (χ0n) is 14.0. The van der Waals surface area contributed by atoms with Gasteiger partial charge in [0, 0.05) is 18.7 Å². The standard InChI is InChI=1S/C18H15Cl2NO5S/c19-14-10-15(20)17(27(24,25)21-7-4-8-21)9-13(14)18(23)26-11-16(22)12-5-2-1-3-6-12/h1-3,5-6,9-10H,4,7-8,11H2. The summed E-state index contributed by atoms with van der Waals surface area (Å²) in [5.41, 5.74) is 0.231. The lowest BCUT2D eigenvalue weighted by Gasteiger charge is -2.30. The molecule has 0 atom stereocenters. The first-order chi connectivity index (χ1) is 12.8. The number of ether oxygens (including phenoxy) is 1. The average molecular weight is 428 g/mol. The fourth-order valence-electron chi connectivity index (χ4n) is 2.47. The molecular weight excluding hydrogens is 413 g/mol. The summed E-state index contributed by atoms with van der Waals surface area (Å²) in [6.45, 7) is 0.301. The first-order valence-electron chi connectivity index (χ1n) is 8.05. The van der Waals surface area contributed by atoms with Crippen LogP contribution >= 0.6 is 23.2 Å². The third-order valence-electron chi connectivity index (χ3n) is 4.10. The number of hydrogen-bond donors (Lipinski definition) is 0. The maximum atomic E-state index is 12.6.